The average Bonchev–Trinajstić information content (AvgIpc) is 3.40. The molecule has 0 aliphatic heterocycles. The van der Waals surface area contributed by atoms with E-state index in [1.165, 1.54) is 83.5 Å². The number of phosphoric ester groups is 2. The van der Waals surface area contributed by atoms with Crippen LogP contribution in [0.15, 0.2) is 0 Å². The molecular formula is C58H112O17P2. The number of hydrogen-bond acceptors (Lipinski definition) is 15. The zero-order chi connectivity index (χ0) is 56.9. The van der Waals surface area contributed by atoms with Gasteiger partial charge in [-0.3, -0.25) is 37.3 Å². The van der Waals surface area contributed by atoms with Crippen molar-refractivity contribution in [2.24, 2.45) is 0 Å². The highest BCUT2D eigenvalue weighted by molar-refractivity contribution is 7.47. The highest BCUT2D eigenvalue weighted by Gasteiger charge is 2.30. The van der Waals surface area contributed by atoms with Gasteiger partial charge in [0.2, 0.25) is 0 Å². The summed E-state index contributed by atoms with van der Waals surface area (Å²) < 4.78 is 67.5. The molecule has 0 aliphatic rings. The summed E-state index contributed by atoms with van der Waals surface area (Å²) in [5.41, 5.74) is 0. The third-order valence-electron chi connectivity index (χ3n) is 13.4. The van der Waals surface area contributed by atoms with Gasteiger partial charge >= 0.3 is 39.5 Å². The van der Waals surface area contributed by atoms with Crippen LogP contribution in [0, 0.1) is 0 Å². The van der Waals surface area contributed by atoms with Crippen LogP contribution >= 0.6 is 15.6 Å². The molecule has 0 saturated carbocycles. The number of esters is 4. The van der Waals surface area contributed by atoms with Crippen LogP contribution in [-0.2, 0) is 65.4 Å². The first-order valence-electron chi connectivity index (χ1n) is 30.8. The molecule has 0 saturated heterocycles. The Morgan fingerprint density at radius 3 is 0.766 bits per heavy atom. The normalized spacial score (nSPS) is 14.3. The highest BCUT2D eigenvalue weighted by Crippen LogP contribution is 2.45. The number of aliphatic hydroxyl groups excluding tert-OH is 1. The summed E-state index contributed by atoms with van der Waals surface area (Å²) in [4.78, 5) is 71.6. The molecule has 2 unspecified atom stereocenters. The molecule has 0 fully saturated rings. The molecule has 5 atom stereocenters. The minimum Gasteiger partial charge on any atom is -0.462 e. The summed E-state index contributed by atoms with van der Waals surface area (Å²) in [6.45, 7) is 4.73. The third kappa shape index (κ3) is 53.2. The Balaban J connectivity index is 5.11. The Kier molecular flexibility index (Phi) is 52.0. The summed E-state index contributed by atoms with van der Waals surface area (Å²) in [5.74, 6) is -2.15. The molecule has 0 aromatic carbocycles. The third-order valence-corrected chi connectivity index (χ3v) is 15.3. The van der Waals surface area contributed by atoms with E-state index < -0.39 is 97.5 Å². The molecule has 0 heterocycles. The summed E-state index contributed by atoms with van der Waals surface area (Å²) >= 11 is 0. The van der Waals surface area contributed by atoms with Gasteiger partial charge in [0, 0.05) is 25.7 Å². The lowest BCUT2D eigenvalue weighted by atomic mass is 10.0. The number of aliphatic hydroxyl groups is 1. The first-order valence-corrected chi connectivity index (χ1v) is 33.8. The van der Waals surface area contributed by atoms with E-state index in [-0.39, 0.29) is 25.7 Å². The molecule has 0 radical (unpaired) electrons. The van der Waals surface area contributed by atoms with Crippen molar-refractivity contribution in [3.63, 3.8) is 0 Å². The molecule has 19 heteroatoms. The fraction of sp³-hybridized carbons (Fsp3) is 0.931. The summed E-state index contributed by atoms with van der Waals surface area (Å²) in [5, 5.41) is 10.5. The van der Waals surface area contributed by atoms with Gasteiger partial charge in [0.25, 0.3) is 0 Å². The van der Waals surface area contributed by atoms with Gasteiger partial charge in [-0.1, -0.05) is 240 Å². The molecule has 17 nitrogen and oxygen atoms in total. The Labute approximate surface area is 467 Å². The predicted octanol–water partition coefficient (Wildman–Crippen LogP) is 15.6. The van der Waals surface area contributed by atoms with Crippen LogP contribution < -0.4 is 0 Å². The van der Waals surface area contributed by atoms with Crippen LogP contribution in [0.5, 0.6) is 0 Å². The van der Waals surface area contributed by atoms with Gasteiger partial charge in [0.1, 0.15) is 19.3 Å². The lowest BCUT2D eigenvalue weighted by Gasteiger charge is -2.21. The van der Waals surface area contributed by atoms with Gasteiger partial charge in [0.15, 0.2) is 12.2 Å². The highest BCUT2D eigenvalue weighted by atomic mass is 31.2. The van der Waals surface area contributed by atoms with Gasteiger partial charge in [-0.2, -0.15) is 0 Å². The summed E-state index contributed by atoms with van der Waals surface area (Å²) in [6, 6.07) is 0. The van der Waals surface area contributed by atoms with Gasteiger partial charge in [0.05, 0.1) is 26.4 Å². The summed E-state index contributed by atoms with van der Waals surface area (Å²) in [6.07, 6.45) is 36.6. The van der Waals surface area contributed by atoms with Crippen LogP contribution in [-0.4, -0.2) is 96.7 Å². The van der Waals surface area contributed by atoms with Gasteiger partial charge < -0.3 is 33.8 Å². The van der Waals surface area contributed by atoms with E-state index in [0.717, 1.165) is 128 Å². The topological polar surface area (TPSA) is 237 Å². The van der Waals surface area contributed by atoms with Crippen molar-refractivity contribution < 1.29 is 80.2 Å². The van der Waals surface area contributed by atoms with E-state index in [1.54, 1.807) is 0 Å². The number of phosphoric acid groups is 2. The Hall–Kier alpha value is -1.94. The number of hydrogen-bond donors (Lipinski definition) is 3. The summed E-state index contributed by atoms with van der Waals surface area (Å²) in [7, 11) is -9.86. The van der Waals surface area contributed by atoms with E-state index in [1.807, 2.05) is 0 Å². The number of carbonyl (C=O) groups excluding carboxylic acids is 4. The molecule has 77 heavy (non-hydrogen) atoms. The number of unbranched alkanes of at least 4 members (excludes halogenated alkanes) is 33. The maximum atomic E-state index is 12.9. The average molecular weight is 1140 g/mol. The van der Waals surface area contributed by atoms with E-state index in [2.05, 4.69) is 27.7 Å². The number of ether oxygens (including phenoxy) is 4. The van der Waals surface area contributed by atoms with Crippen LogP contribution in [0.1, 0.15) is 291 Å². The minimum absolute atomic E-state index is 0.104. The van der Waals surface area contributed by atoms with Crippen LogP contribution in [0.2, 0.25) is 0 Å². The SMILES string of the molecule is CCCCCCCCCCCCCCCCCCC(=O)O[C@H](COC(=O)CCCCCCCCC)COP(=O)(O)OC[C@@H](O)COP(=O)(O)OC[C@@H](COC(=O)CCCCCCCCC)OC(=O)CCCCCCCCC. The smallest absolute Gasteiger partial charge is 0.462 e. The van der Waals surface area contributed by atoms with Crippen molar-refractivity contribution in [2.75, 3.05) is 39.6 Å². The molecule has 0 aromatic rings. The second kappa shape index (κ2) is 53.4. The molecule has 0 rings (SSSR count). The van der Waals surface area contributed by atoms with Crippen LogP contribution in [0.3, 0.4) is 0 Å². The van der Waals surface area contributed by atoms with Gasteiger partial charge in [-0.25, -0.2) is 9.13 Å². The minimum atomic E-state index is -4.93. The lowest BCUT2D eigenvalue weighted by molar-refractivity contribution is -0.161. The number of rotatable bonds is 59. The number of carbonyl (C=O) groups is 4. The monoisotopic (exact) mass is 1140 g/mol. The largest absolute Gasteiger partial charge is 0.472 e. The molecule has 0 aliphatic carbocycles. The fourth-order valence-electron chi connectivity index (χ4n) is 8.57. The van der Waals surface area contributed by atoms with Crippen molar-refractivity contribution in [1.29, 1.82) is 0 Å². The van der Waals surface area contributed by atoms with Crippen LogP contribution in [0.25, 0.3) is 0 Å². The Morgan fingerprint density at radius 2 is 0.519 bits per heavy atom. The fourth-order valence-corrected chi connectivity index (χ4v) is 10.2. The molecular weight excluding hydrogens is 1030 g/mol. The standard InChI is InChI=1S/C58H112O17P2/c1-5-9-13-17-21-22-23-24-25-26-27-28-29-33-37-41-45-58(63)75-54(49-69-56(61)43-39-35-31-19-15-11-7-3)51-73-77(66,67)71-47-52(59)46-70-76(64,65)72-50-53(74-57(62)44-40-36-32-20-16-12-8-4)48-68-55(60)42-38-34-30-18-14-10-6-2/h52-54,59H,5-51H2,1-4H3,(H,64,65)(H,66,67)/t52-,53+,54+/m0/s1. The quantitative estimate of drug-likeness (QED) is 0.0222. The second-order valence-electron chi connectivity index (χ2n) is 21.0. The molecule has 3 N–H and O–H groups in total. The Bertz CT molecular complexity index is 1500. The van der Waals surface area contributed by atoms with Crippen molar-refractivity contribution >= 4 is 39.5 Å². The first-order chi connectivity index (χ1) is 37.2. The zero-order valence-electron chi connectivity index (χ0n) is 48.9. The molecule has 0 aromatic heterocycles. The van der Waals surface area contributed by atoms with E-state index in [0.29, 0.717) is 25.7 Å². The predicted molar refractivity (Wildman–Crippen MR) is 303 cm³/mol. The van der Waals surface area contributed by atoms with Crippen molar-refractivity contribution in [1.82, 2.24) is 0 Å². The molecule has 0 spiro atoms. The lowest BCUT2D eigenvalue weighted by Crippen LogP contribution is -2.30. The molecule has 0 amide bonds. The van der Waals surface area contributed by atoms with Crippen molar-refractivity contribution in [3.05, 3.63) is 0 Å². The maximum Gasteiger partial charge on any atom is 0.472 e. The van der Waals surface area contributed by atoms with E-state index >= 15 is 0 Å². The zero-order valence-corrected chi connectivity index (χ0v) is 50.7. The molecule has 0 bridgehead atoms. The molecule has 456 valence electrons. The van der Waals surface area contributed by atoms with Crippen LogP contribution in [0.4, 0.5) is 0 Å². The van der Waals surface area contributed by atoms with Gasteiger partial charge in [-0.15, -0.1) is 0 Å². The Morgan fingerprint density at radius 1 is 0.312 bits per heavy atom. The van der Waals surface area contributed by atoms with Crippen molar-refractivity contribution in [2.45, 2.75) is 309 Å². The van der Waals surface area contributed by atoms with E-state index in [9.17, 15) is 43.2 Å². The van der Waals surface area contributed by atoms with Crippen molar-refractivity contribution in [3.8, 4) is 0 Å². The first kappa shape index (κ1) is 75.1. The van der Waals surface area contributed by atoms with E-state index in [4.69, 9.17) is 37.0 Å². The second-order valence-corrected chi connectivity index (χ2v) is 23.9. The maximum absolute atomic E-state index is 12.9. The van der Waals surface area contributed by atoms with Gasteiger partial charge in [-0.05, 0) is 25.7 Å².